The summed E-state index contributed by atoms with van der Waals surface area (Å²) in [4.78, 5) is 0. The first kappa shape index (κ1) is 11.6. The van der Waals surface area contributed by atoms with Crippen molar-refractivity contribution in [1.82, 2.24) is 0 Å². The molecule has 0 spiro atoms. The molecule has 2 rings (SSSR count). The van der Waals surface area contributed by atoms with Gasteiger partial charge in [-0.3, -0.25) is 0 Å². The van der Waals surface area contributed by atoms with Gasteiger partial charge in [0.1, 0.15) is 5.82 Å². The highest BCUT2D eigenvalue weighted by Crippen LogP contribution is 2.27. The van der Waals surface area contributed by atoms with Crippen LogP contribution in [0.15, 0.2) is 42.5 Å². The van der Waals surface area contributed by atoms with Crippen LogP contribution < -0.4 is 5.73 Å². The van der Waals surface area contributed by atoms with Crippen molar-refractivity contribution in [1.29, 1.82) is 0 Å². The highest BCUT2D eigenvalue weighted by Gasteiger charge is 2.06. The lowest BCUT2D eigenvalue weighted by molar-refractivity contribution is 0.633. The van der Waals surface area contributed by atoms with Crippen LogP contribution in [-0.2, 0) is 6.42 Å². The van der Waals surface area contributed by atoms with E-state index in [1.54, 1.807) is 6.07 Å². The second-order valence-electron chi connectivity index (χ2n) is 4.15. The van der Waals surface area contributed by atoms with E-state index in [2.05, 4.69) is 19.1 Å². The third-order valence-electron chi connectivity index (χ3n) is 2.86. The van der Waals surface area contributed by atoms with E-state index in [1.807, 2.05) is 18.2 Å². The molecule has 0 aliphatic heterocycles. The summed E-state index contributed by atoms with van der Waals surface area (Å²) in [5, 5.41) is 0. The molecule has 2 N–H and O–H groups in total. The Morgan fingerprint density at radius 1 is 1.06 bits per heavy atom. The zero-order valence-electron chi connectivity index (χ0n) is 9.91. The molecule has 0 radical (unpaired) electrons. The summed E-state index contributed by atoms with van der Waals surface area (Å²) in [7, 11) is 0. The maximum Gasteiger partial charge on any atom is 0.146 e. The molecule has 17 heavy (non-hydrogen) atoms. The predicted octanol–water partition coefficient (Wildman–Crippen LogP) is 4.03. The molecule has 0 aliphatic carbocycles. The topological polar surface area (TPSA) is 26.0 Å². The summed E-state index contributed by atoms with van der Waals surface area (Å²) in [6.07, 6.45) is 2.19. The minimum absolute atomic E-state index is 0.218. The van der Waals surface area contributed by atoms with Gasteiger partial charge in [0, 0.05) is 5.56 Å². The molecule has 0 heterocycles. The van der Waals surface area contributed by atoms with Gasteiger partial charge in [-0.25, -0.2) is 4.39 Å². The van der Waals surface area contributed by atoms with Gasteiger partial charge in [-0.2, -0.15) is 0 Å². The highest BCUT2D eigenvalue weighted by molar-refractivity contribution is 5.76. The number of nitrogen functional groups attached to an aromatic ring is 1. The van der Waals surface area contributed by atoms with Gasteiger partial charge >= 0.3 is 0 Å². The van der Waals surface area contributed by atoms with Gasteiger partial charge in [0.25, 0.3) is 0 Å². The molecule has 0 atom stereocenters. The molecule has 88 valence electrons. The lowest BCUT2D eigenvalue weighted by atomic mass is 10.0. The SMILES string of the molecule is CCCc1ccc(-c2cccc(F)c2N)cc1. The Kier molecular flexibility index (Phi) is 3.43. The highest BCUT2D eigenvalue weighted by atomic mass is 19.1. The number of rotatable bonds is 3. The summed E-state index contributed by atoms with van der Waals surface area (Å²) in [6.45, 7) is 2.15. The van der Waals surface area contributed by atoms with E-state index in [0.717, 1.165) is 24.0 Å². The number of aryl methyl sites for hydroxylation is 1. The molecule has 0 aliphatic rings. The lowest BCUT2D eigenvalue weighted by Crippen LogP contribution is -1.94. The van der Waals surface area contributed by atoms with E-state index in [4.69, 9.17) is 5.73 Å². The maximum atomic E-state index is 13.3. The van der Waals surface area contributed by atoms with Gasteiger partial charge in [-0.1, -0.05) is 49.7 Å². The monoisotopic (exact) mass is 229 g/mol. The molecular formula is C15H16FN. The Bertz CT molecular complexity index is 503. The van der Waals surface area contributed by atoms with Crippen molar-refractivity contribution in [3.63, 3.8) is 0 Å². The summed E-state index contributed by atoms with van der Waals surface area (Å²) >= 11 is 0. The molecule has 0 aromatic heterocycles. The fraction of sp³-hybridized carbons (Fsp3) is 0.200. The molecular weight excluding hydrogens is 213 g/mol. The summed E-state index contributed by atoms with van der Waals surface area (Å²) < 4.78 is 13.3. The van der Waals surface area contributed by atoms with Crippen LogP contribution in [0.5, 0.6) is 0 Å². The van der Waals surface area contributed by atoms with Gasteiger partial charge in [-0.15, -0.1) is 0 Å². The lowest BCUT2D eigenvalue weighted by Gasteiger charge is -2.07. The number of nitrogens with two attached hydrogens (primary N) is 1. The first-order valence-corrected chi connectivity index (χ1v) is 5.85. The molecule has 2 aromatic rings. The quantitative estimate of drug-likeness (QED) is 0.790. The van der Waals surface area contributed by atoms with Crippen molar-refractivity contribution in [3.8, 4) is 11.1 Å². The number of para-hydroxylation sites is 1. The van der Waals surface area contributed by atoms with Crippen LogP contribution in [0.1, 0.15) is 18.9 Å². The minimum Gasteiger partial charge on any atom is -0.396 e. The smallest absolute Gasteiger partial charge is 0.146 e. The Balaban J connectivity index is 2.36. The van der Waals surface area contributed by atoms with Gasteiger partial charge in [-0.05, 0) is 23.6 Å². The molecule has 0 fully saturated rings. The van der Waals surface area contributed by atoms with Crippen molar-refractivity contribution >= 4 is 5.69 Å². The van der Waals surface area contributed by atoms with Crippen LogP contribution >= 0.6 is 0 Å². The Labute approximate surface area is 101 Å². The number of benzene rings is 2. The third-order valence-corrected chi connectivity index (χ3v) is 2.86. The maximum absolute atomic E-state index is 13.3. The molecule has 0 amide bonds. The van der Waals surface area contributed by atoms with Crippen molar-refractivity contribution in [2.45, 2.75) is 19.8 Å². The second-order valence-corrected chi connectivity index (χ2v) is 4.15. The second kappa shape index (κ2) is 5.00. The predicted molar refractivity (Wildman–Crippen MR) is 70.2 cm³/mol. The number of hydrogen-bond acceptors (Lipinski definition) is 1. The average Bonchev–Trinajstić information content (AvgIpc) is 2.34. The summed E-state index contributed by atoms with van der Waals surface area (Å²) in [6, 6.07) is 13.0. The first-order valence-electron chi connectivity index (χ1n) is 5.85. The van der Waals surface area contributed by atoms with E-state index in [0.29, 0.717) is 0 Å². The Morgan fingerprint density at radius 2 is 1.76 bits per heavy atom. The van der Waals surface area contributed by atoms with E-state index in [1.165, 1.54) is 11.6 Å². The molecule has 2 heteroatoms. The zero-order chi connectivity index (χ0) is 12.3. The summed E-state index contributed by atoms with van der Waals surface area (Å²) in [5.41, 5.74) is 8.97. The largest absolute Gasteiger partial charge is 0.396 e. The van der Waals surface area contributed by atoms with Crippen LogP contribution in [0, 0.1) is 5.82 Å². The molecule has 0 saturated carbocycles. The van der Waals surface area contributed by atoms with Crippen LogP contribution in [0.25, 0.3) is 11.1 Å². The van der Waals surface area contributed by atoms with Gasteiger partial charge in [0.05, 0.1) is 5.69 Å². The fourth-order valence-corrected chi connectivity index (χ4v) is 1.93. The third kappa shape index (κ3) is 2.47. The van der Waals surface area contributed by atoms with E-state index in [9.17, 15) is 4.39 Å². The van der Waals surface area contributed by atoms with Crippen LogP contribution in [-0.4, -0.2) is 0 Å². The molecule has 1 nitrogen and oxygen atoms in total. The standard InChI is InChI=1S/C15H16FN/c1-2-4-11-7-9-12(10-8-11)13-5-3-6-14(16)15(13)17/h3,5-10H,2,4,17H2,1H3. The summed E-state index contributed by atoms with van der Waals surface area (Å²) in [5.74, 6) is -0.361. The van der Waals surface area contributed by atoms with Gasteiger partial charge in [0.2, 0.25) is 0 Å². The van der Waals surface area contributed by atoms with Crippen molar-refractivity contribution < 1.29 is 4.39 Å². The fourth-order valence-electron chi connectivity index (χ4n) is 1.93. The zero-order valence-corrected chi connectivity index (χ0v) is 9.91. The number of anilines is 1. The van der Waals surface area contributed by atoms with E-state index in [-0.39, 0.29) is 11.5 Å². The molecule has 0 bridgehead atoms. The Hall–Kier alpha value is -1.83. The Morgan fingerprint density at radius 3 is 2.41 bits per heavy atom. The minimum atomic E-state index is -0.361. The number of halogens is 1. The van der Waals surface area contributed by atoms with Crippen LogP contribution in [0.2, 0.25) is 0 Å². The van der Waals surface area contributed by atoms with Crippen LogP contribution in [0.4, 0.5) is 10.1 Å². The first-order chi connectivity index (χ1) is 8.22. The van der Waals surface area contributed by atoms with Crippen molar-refractivity contribution in [2.24, 2.45) is 0 Å². The molecule has 0 saturated heterocycles. The normalized spacial score (nSPS) is 10.5. The molecule has 2 aromatic carbocycles. The number of hydrogen-bond donors (Lipinski definition) is 1. The van der Waals surface area contributed by atoms with Crippen LogP contribution in [0.3, 0.4) is 0 Å². The van der Waals surface area contributed by atoms with Crippen molar-refractivity contribution in [2.75, 3.05) is 5.73 Å². The van der Waals surface area contributed by atoms with E-state index >= 15 is 0 Å². The molecule has 0 unspecified atom stereocenters. The van der Waals surface area contributed by atoms with Gasteiger partial charge in [0.15, 0.2) is 0 Å². The average molecular weight is 229 g/mol. The van der Waals surface area contributed by atoms with Crippen molar-refractivity contribution in [3.05, 3.63) is 53.8 Å². The van der Waals surface area contributed by atoms with E-state index < -0.39 is 0 Å². The van der Waals surface area contributed by atoms with Gasteiger partial charge < -0.3 is 5.73 Å².